The highest BCUT2D eigenvalue weighted by atomic mass is 16.6. The molecule has 0 bridgehead atoms. The number of hydrogen-bond donors (Lipinski definition) is 0. The molecule has 0 unspecified atom stereocenters. The quantitative estimate of drug-likeness (QED) is 0.509. The Hall–Kier alpha value is -3.09. The average molecular weight is 449 g/mol. The fourth-order valence-electron chi connectivity index (χ4n) is 4.50. The van der Waals surface area contributed by atoms with Crippen LogP contribution in [0, 0.1) is 11.8 Å². The Morgan fingerprint density at radius 1 is 1.09 bits per heavy atom. The Bertz CT molecular complexity index is 1150. The largest absolute Gasteiger partial charge is 0.460 e. The van der Waals surface area contributed by atoms with Crippen molar-refractivity contribution in [1.29, 1.82) is 0 Å². The summed E-state index contributed by atoms with van der Waals surface area (Å²) in [4.78, 5) is 34.1. The molecule has 0 atom stereocenters. The summed E-state index contributed by atoms with van der Waals surface area (Å²) >= 11 is 0. The molecule has 2 heterocycles. The van der Waals surface area contributed by atoms with Crippen molar-refractivity contribution in [2.75, 3.05) is 0 Å². The van der Waals surface area contributed by atoms with E-state index in [0.717, 1.165) is 47.7 Å². The maximum atomic E-state index is 12.9. The van der Waals surface area contributed by atoms with Gasteiger partial charge in [0.1, 0.15) is 17.2 Å². The van der Waals surface area contributed by atoms with Gasteiger partial charge in [-0.2, -0.15) is 5.10 Å². The Balaban J connectivity index is 1.35. The molecule has 174 valence electrons. The van der Waals surface area contributed by atoms with E-state index in [2.05, 4.69) is 15.1 Å². The van der Waals surface area contributed by atoms with Crippen molar-refractivity contribution in [3.8, 4) is 11.1 Å². The molecule has 0 radical (unpaired) electrons. The Morgan fingerprint density at radius 2 is 1.85 bits per heavy atom. The minimum absolute atomic E-state index is 0.0147. The van der Waals surface area contributed by atoms with Crippen molar-refractivity contribution in [2.24, 2.45) is 18.9 Å². The van der Waals surface area contributed by atoms with Crippen LogP contribution in [0.15, 0.2) is 36.8 Å². The van der Waals surface area contributed by atoms with Crippen LogP contribution in [0.25, 0.3) is 22.0 Å². The normalized spacial score (nSPS) is 18.9. The van der Waals surface area contributed by atoms with Crippen LogP contribution in [0.2, 0.25) is 0 Å². The summed E-state index contributed by atoms with van der Waals surface area (Å²) < 4.78 is 7.21. The third-order valence-electron chi connectivity index (χ3n) is 6.18. The van der Waals surface area contributed by atoms with Crippen molar-refractivity contribution in [3.63, 3.8) is 0 Å². The summed E-state index contributed by atoms with van der Waals surface area (Å²) in [5.41, 5.74) is 2.44. The summed E-state index contributed by atoms with van der Waals surface area (Å²) in [6.45, 7) is 5.65. The number of benzene rings is 1. The van der Waals surface area contributed by atoms with E-state index in [1.165, 1.54) is 0 Å². The van der Waals surface area contributed by atoms with Gasteiger partial charge in [0.15, 0.2) is 0 Å². The first-order chi connectivity index (χ1) is 15.7. The number of aromatic nitrogens is 4. The second-order valence-electron chi connectivity index (χ2n) is 10.1. The molecule has 1 fully saturated rings. The minimum Gasteiger partial charge on any atom is -0.460 e. The van der Waals surface area contributed by atoms with Gasteiger partial charge in [0.2, 0.25) is 0 Å². The van der Waals surface area contributed by atoms with Gasteiger partial charge in [-0.15, -0.1) is 0 Å². The Morgan fingerprint density at radius 3 is 2.52 bits per heavy atom. The van der Waals surface area contributed by atoms with Crippen LogP contribution in [-0.4, -0.2) is 37.1 Å². The molecule has 1 saturated carbocycles. The van der Waals surface area contributed by atoms with E-state index >= 15 is 0 Å². The average Bonchev–Trinajstić information content (AvgIpc) is 3.18. The van der Waals surface area contributed by atoms with Crippen molar-refractivity contribution in [3.05, 3.63) is 42.6 Å². The van der Waals surface area contributed by atoms with Crippen molar-refractivity contribution in [2.45, 2.75) is 64.9 Å². The zero-order valence-electron chi connectivity index (χ0n) is 19.9. The summed E-state index contributed by atoms with van der Waals surface area (Å²) in [7, 11) is 1.89. The minimum atomic E-state index is -0.455. The molecule has 4 rings (SSSR count). The Kier molecular flexibility index (Phi) is 6.58. The molecule has 1 aliphatic rings. The van der Waals surface area contributed by atoms with Crippen molar-refractivity contribution < 1.29 is 14.3 Å². The molecule has 0 aliphatic heterocycles. The second-order valence-corrected chi connectivity index (χ2v) is 10.1. The number of carbonyl (C=O) groups is 2. The third kappa shape index (κ3) is 6.03. The maximum Gasteiger partial charge on any atom is 0.306 e. The lowest BCUT2D eigenvalue weighted by molar-refractivity contribution is -0.156. The molecule has 0 N–H and O–H groups in total. The first-order valence-electron chi connectivity index (χ1n) is 11.7. The molecular weight excluding hydrogens is 416 g/mol. The first-order valence-corrected chi connectivity index (χ1v) is 11.7. The van der Waals surface area contributed by atoms with Gasteiger partial charge in [-0.25, -0.2) is 9.97 Å². The molecule has 2 aromatic heterocycles. The van der Waals surface area contributed by atoms with Gasteiger partial charge < -0.3 is 4.74 Å². The van der Waals surface area contributed by atoms with E-state index in [-0.39, 0.29) is 24.1 Å². The molecule has 7 heteroatoms. The van der Waals surface area contributed by atoms with E-state index in [0.29, 0.717) is 18.2 Å². The van der Waals surface area contributed by atoms with E-state index < -0.39 is 5.60 Å². The summed E-state index contributed by atoms with van der Waals surface area (Å²) in [6, 6.07) is 6.04. The molecule has 1 aliphatic carbocycles. The standard InChI is InChI=1S/C26H32N4O3/c1-26(2,3)33-25(32)11-17-5-7-18(8-6-17)23(31)13-24-27-14-20-10-9-19(12-22(20)29-24)21-15-28-30(4)16-21/h9-10,12,14-18H,5-8,11,13H2,1-4H3. The number of ether oxygens (including phenoxy) is 1. The highest BCUT2D eigenvalue weighted by Crippen LogP contribution is 2.32. The van der Waals surface area contributed by atoms with E-state index in [1.807, 2.05) is 58.4 Å². The van der Waals surface area contributed by atoms with Crippen LogP contribution in [0.3, 0.4) is 0 Å². The van der Waals surface area contributed by atoms with Crippen LogP contribution in [0.4, 0.5) is 0 Å². The zero-order valence-corrected chi connectivity index (χ0v) is 19.9. The van der Waals surface area contributed by atoms with Crippen molar-refractivity contribution >= 4 is 22.7 Å². The van der Waals surface area contributed by atoms with Gasteiger partial charge in [-0.05, 0) is 64.0 Å². The molecule has 7 nitrogen and oxygen atoms in total. The lowest BCUT2D eigenvalue weighted by atomic mass is 9.78. The third-order valence-corrected chi connectivity index (χ3v) is 6.18. The predicted molar refractivity (Wildman–Crippen MR) is 126 cm³/mol. The highest BCUT2D eigenvalue weighted by Gasteiger charge is 2.29. The number of fused-ring (bicyclic) bond motifs is 1. The number of Topliss-reactive ketones (excluding diaryl/α,β-unsaturated/α-hetero) is 1. The maximum absolute atomic E-state index is 12.9. The summed E-state index contributed by atoms with van der Waals surface area (Å²) in [5, 5.41) is 5.18. The molecule has 0 amide bonds. The lowest BCUT2D eigenvalue weighted by Gasteiger charge is -2.28. The number of rotatable bonds is 6. The summed E-state index contributed by atoms with van der Waals surface area (Å²) in [6.07, 6.45) is 9.63. The SMILES string of the molecule is Cn1cc(-c2ccc3cnc(CC(=O)C4CCC(CC(=O)OC(C)(C)C)CC4)nc3c2)cn1. The molecule has 1 aromatic carbocycles. The number of nitrogens with zero attached hydrogens (tertiary/aromatic N) is 4. The number of esters is 1. The first kappa shape index (κ1) is 23.1. The van der Waals surface area contributed by atoms with Crippen LogP contribution in [0.1, 0.15) is 58.7 Å². The summed E-state index contributed by atoms with van der Waals surface area (Å²) in [5.74, 6) is 0.917. The van der Waals surface area contributed by atoms with Gasteiger partial charge in [-0.3, -0.25) is 14.3 Å². The van der Waals surface area contributed by atoms with Crippen molar-refractivity contribution in [1.82, 2.24) is 19.7 Å². The molecule has 3 aromatic rings. The van der Waals surface area contributed by atoms with E-state index in [4.69, 9.17) is 4.74 Å². The predicted octanol–water partition coefficient (Wildman–Crippen LogP) is 4.68. The van der Waals surface area contributed by atoms with Gasteiger partial charge in [0.25, 0.3) is 0 Å². The molecule has 0 saturated heterocycles. The fraction of sp³-hybridized carbons (Fsp3) is 0.500. The fourth-order valence-corrected chi connectivity index (χ4v) is 4.50. The van der Waals surface area contributed by atoms with Gasteiger partial charge >= 0.3 is 5.97 Å². The molecule has 33 heavy (non-hydrogen) atoms. The van der Waals surface area contributed by atoms with Crippen LogP contribution in [-0.2, 0) is 27.8 Å². The lowest BCUT2D eigenvalue weighted by Crippen LogP contribution is -2.28. The molecular formula is C26H32N4O3. The number of aryl methyl sites for hydroxylation is 1. The van der Waals surface area contributed by atoms with Gasteiger partial charge in [0.05, 0.1) is 18.1 Å². The zero-order chi connectivity index (χ0) is 23.6. The number of carbonyl (C=O) groups excluding carboxylic acids is 2. The van der Waals surface area contributed by atoms with Crippen LogP contribution >= 0.6 is 0 Å². The topological polar surface area (TPSA) is 87.0 Å². The van der Waals surface area contributed by atoms with Gasteiger partial charge in [-0.1, -0.05) is 12.1 Å². The number of ketones is 1. The van der Waals surface area contributed by atoms with Gasteiger partial charge in [0, 0.05) is 42.7 Å². The Labute approximate surface area is 194 Å². The number of hydrogen-bond acceptors (Lipinski definition) is 6. The monoisotopic (exact) mass is 448 g/mol. The highest BCUT2D eigenvalue weighted by molar-refractivity contribution is 5.85. The van der Waals surface area contributed by atoms with Crippen LogP contribution in [0.5, 0.6) is 0 Å². The van der Waals surface area contributed by atoms with E-state index in [1.54, 1.807) is 10.9 Å². The smallest absolute Gasteiger partial charge is 0.306 e. The molecule has 0 spiro atoms. The second kappa shape index (κ2) is 9.41. The van der Waals surface area contributed by atoms with Crippen LogP contribution < -0.4 is 0 Å². The van der Waals surface area contributed by atoms with E-state index in [9.17, 15) is 9.59 Å².